The van der Waals surface area contributed by atoms with Gasteiger partial charge in [-0.15, -0.1) is 0 Å². The largest absolute Gasteiger partial charge is 0.475 e. The third-order valence-electron chi connectivity index (χ3n) is 1.88. The molecule has 0 fully saturated rings. The van der Waals surface area contributed by atoms with Crippen molar-refractivity contribution in [2.75, 3.05) is 0 Å². The fourth-order valence-corrected chi connectivity index (χ4v) is 1.73. The minimum Gasteiger partial charge on any atom is -0.475 e. The molecule has 0 atom stereocenters. The summed E-state index contributed by atoms with van der Waals surface area (Å²) in [6, 6.07) is 9.21. The van der Waals surface area contributed by atoms with Gasteiger partial charge < -0.3 is 9.63 Å². The van der Waals surface area contributed by atoms with Crippen LogP contribution in [0, 0.1) is 0 Å². The Bertz CT molecular complexity index is 493. The third kappa shape index (κ3) is 1.78. The molecule has 0 unspecified atom stereocenters. The zero-order valence-electron chi connectivity index (χ0n) is 7.48. The fourth-order valence-electron chi connectivity index (χ4n) is 1.19. The molecule has 0 saturated carbocycles. The highest BCUT2D eigenvalue weighted by Gasteiger charge is 2.20. The lowest BCUT2D eigenvalue weighted by molar-refractivity contribution is 0.0650. The standard InChI is InChI=1S/C10H6BrNO3/c11-7-8(6-4-2-1-3-5-6)12-15-9(7)10(13)14/h1-5H,(H,13,14). The predicted molar refractivity (Wildman–Crippen MR) is 56.6 cm³/mol. The SMILES string of the molecule is O=C(O)c1onc(-c2ccccc2)c1Br. The average molecular weight is 268 g/mol. The lowest BCUT2D eigenvalue weighted by Crippen LogP contribution is -1.93. The summed E-state index contributed by atoms with van der Waals surface area (Å²) in [5.41, 5.74) is 1.30. The van der Waals surface area contributed by atoms with Crippen molar-refractivity contribution in [1.29, 1.82) is 0 Å². The van der Waals surface area contributed by atoms with Crippen LogP contribution in [0.15, 0.2) is 39.3 Å². The van der Waals surface area contributed by atoms with E-state index < -0.39 is 5.97 Å². The molecule has 1 aromatic carbocycles. The van der Waals surface area contributed by atoms with Crippen molar-refractivity contribution in [2.24, 2.45) is 0 Å². The minimum absolute atomic E-state index is 0.186. The minimum atomic E-state index is -1.14. The number of carboxylic acid groups (broad SMARTS) is 1. The van der Waals surface area contributed by atoms with Crippen LogP contribution in [0.4, 0.5) is 0 Å². The number of hydrogen-bond donors (Lipinski definition) is 1. The van der Waals surface area contributed by atoms with Crippen LogP contribution in [0.1, 0.15) is 10.6 Å². The molecule has 0 amide bonds. The molecular weight excluding hydrogens is 262 g/mol. The Labute approximate surface area is 93.6 Å². The number of aromatic nitrogens is 1. The van der Waals surface area contributed by atoms with Crippen molar-refractivity contribution in [3.05, 3.63) is 40.6 Å². The zero-order chi connectivity index (χ0) is 10.8. The van der Waals surface area contributed by atoms with E-state index in [1.165, 1.54) is 0 Å². The molecule has 4 nitrogen and oxygen atoms in total. The fraction of sp³-hybridized carbons (Fsp3) is 0. The highest BCUT2D eigenvalue weighted by Crippen LogP contribution is 2.29. The van der Waals surface area contributed by atoms with Gasteiger partial charge in [-0.25, -0.2) is 4.79 Å². The van der Waals surface area contributed by atoms with Crippen molar-refractivity contribution in [3.63, 3.8) is 0 Å². The van der Waals surface area contributed by atoms with Crippen LogP contribution in [-0.4, -0.2) is 16.2 Å². The van der Waals surface area contributed by atoms with Crippen molar-refractivity contribution in [1.82, 2.24) is 5.16 Å². The number of carboxylic acids is 1. The van der Waals surface area contributed by atoms with Gasteiger partial charge in [0.05, 0.1) is 0 Å². The van der Waals surface area contributed by atoms with E-state index in [1.54, 1.807) is 0 Å². The normalized spacial score (nSPS) is 10.2. The van der Waals surface area contributed by atoms with Gasteiger partial charge >= 0.3 is 5.97 Å². The zero-order valence-corrected chi connectivity index (χ0v) is 9.06. The van der Waals surface area contributed by atoms with Crippen molar-refractivity contribution < 1.29 is 14.4 Å². The maximum Gasteiger partial charge on any atom is 0.375 e. The Morgan fingerprint density at radius 1 is 1.33 bits per heavy atom. The molecule has 0 aliphatic heterocycles. The van der Waals surface area contributed by atoms with Gasteiger partial charge in [0.2, 0.25) is 0 Å². The summed E-state index contributed by atoms with van der Waals surface area (Å²) in [6.07, 6.45) is 0. The van der Waals surface area contributed by atoms with E-state index in [2.05, 4.69) is 21.1 Å². The van der Waals surface area contributed by atoms with Gasteiger partial charge in [0, 0.05) is 5.56 Å². The molecule has 0 aliphatic rings. The van der Waals surface area contributed by atoms with E-state index in [0.717, 1.165) is 5.56 Å². The maximum atomic E-state index is 10.7. The van der Waals surface area contributed by atoms with Crippen LogP contribution in [0.5, 0.6) is 0 Å². The highest BCUT2D eigenvalue weighted by molar-refractivity contribution is 9.10. The summed E-state index contributed by atoms with van der Waals surface area (Å²) in [5, 5.41) is 12.5. The molecule has 1 aromatic heterocycles. The molecule has 2 rings (SSSR count). The second kappa shape index (κ2) is 3.86. The van der Waals surface area contributed by atoms with Crippen LogP contribution in [-0.2, 0) is 0 Å². The Kier molecular flexibility index (Phi) is 2.55. The van der Waals surface area contributed by atoms with E-state index in [9.17, 15) is 4.79 Å². The average Bonchev–Trinajstić information content (AvgIpc) is 2.61. The summed E-state index contributed by atoms with van der Waals surface area (Å²) in [7, 11) is 0. The van der Waals surface area contributed by atoms with Crippen LogP contribution < -0.4 is 0 Å². The van der Waals surface area contributed by atoms with Crippen LogP contribution in [0.2, 0.25) is 0 Å². The first-order valence-electron chi connectivity index (χ1n) is 4.14. The summed E-state index contributed by atoms with van der Waals surface area (Å²) < 4.78 is 5.08. The molecule has 1 heterocycles. The van der Waals surface area contributed by atoms with Crippen molar-refractivity contribution in [3.8, 4) is 11.3 Å². The monoisotopic (exact) mass is 267 g/mol. The summed E-state index contributed by atoms with van der Waals surface area (Å²) in [6.45, 7) is 0. The second-order valence-electron chi connectivity index (χ2n) is 2.85. The van der Waals surface area contributed by atoms with Crippen molar-refractivity contribution in [2.45, 2.75) is 0 Å². The number of benzene rings is 1. The Hall–Kier alpha value is -1.62. The number of carbonyl (C=O) groups is 1. The topological polar surface area (TPSA) is 63.3 Å². The lowest BCUT2D eigenvalue weighted by Gasteiger charge is -1.94. The summed E-state index contributed by atoms with van der Waals surface area (Å²) >= 11 is 3.15. The predicted octanol–water partition coefficient (Wildman–Crippen LogP) is 2.80. The smallest absolute Gasteiger partial charge is 0.375 e. The molecule has 76 valence electrons. The van der Waals surface area contributed by atoms with Gasteiger partial charge in [0.1, 0.15) is 10.2 Å². The number of rotatable bonds is 2. The third-order valence-corrected chi connectivity index (χ3v) is 2.61. The molecule has 0 radical (unpaired) electrons. The van der Waals surface area contributed by atoms with Crippen LogP contribution in [0.25, 0.3) is 11.3 Å². The maximum absolute atomic E-state index is 10.7. The molecule has 0 bridgehead atoms. The summed E-state index contributed by atoms with van der Waals surface area (Å²) in [5.74, 6) is -1.33. The van der Waals surface area contributed by atoms with Gasteiger partial charge in [0.25, 0.3) is 5.76 Å². The number of halogens is 1. The molecular formula is C10H6BrNO3. The number of aromatic carboxylic acids is 1. The Morgan fingerprint density at radius 2 is 2.00 bits per heavy atom. The highest BCUT2D eigenvalue weighted by atomic mass is 79.9. The Balaban J connectivity index is 2.52. The van der Waals surface area contributed by atoms with E-state index in [4.69, 9.17) is 9.63 Å². The summed E-state index contributed by atoms with van der Waals surface area (Å²) in [4.78, 5) is 10.7. The van der Waals surface area contributed by atoms with Gasteiger partial charge in [-0.2, -0.15) is 0 Å². The van der Waals surface area contributed by atoms with Gasteiger partial charge in [-0.3, -0.25) is 0 Å². The van der Waals surface area contributed by atoms with Crippen LogP contribution in [0.3, 0.4) is 0 Å². The van der Waals surface area contributed by atoms with Gasteiger partial charge in [-0.1, -0.05) is 35.5 Å². The molecule has 1 N–H and O–H groups in total. The van der Waals surface area contributed by atoms with E-state index in [0.29, 0.717) is 10.2 Å². The van der Waals surface area contributed by atoms with Crippen LogP contribution >= 0.6 is 15.9 Å². The van der Waals surface area contributed by atoms with E-state index in [1.807, 2.05) is 30.3 Å². The van der Waals surface area contributed by atoms with Gasteiger partial charge in [-0.05, 0) is 15.9 Å². The van der Waals surface area contributed by atoms with Gasteiger partial charge in [0.15, 0.2) is 0 Å². The number of nitrogens with zero attached hydrogens (tertiary/aromatic N) is 1. The molecule has 0 aliphatic carbocycles. The molecule has 5 heteroatoms. The Morgan fingerprint density at radius 3 is 2.53 bits per heavy atom. The molecule has 2 aromatic rings. The first-order chi connectivity index (χ1) is 7.20. The lowest BCUT2D eigenvalue weighted by atomic mass is 10.1. The molecule has 15 heavy (non-hydrogen) atoms. The van der Waals surface area contributed by atoms with E-state index in [-0.39, 0.29) is 5.76 Å². The molecule has 0 saturated heterocycles. The first-order valence-corrected chi connectivity index (χ1v) is 4.93. The number of hydrogen-bond acceptors (Lipinski definition) is 3. The molecule has 0 spiro atoms. The first kappa shape index (κ1) is 9.92. The van der Waals surface area contributed by atoms with Crippen molar-refractivity contribution >= 4 is 21.9 Å². The second-order valence-corrected chi connectivity index (χ2v) is 3.64. The van der Waals surface area contributed by atoms with E-state index >= 15 is 0 Å². The quantitative estimate of drug-likeness (QED) is 0.909.